The van der Waals surface area contributed by atoms with E-state index in [4.69, 9.17) is 16.0 Å². The summed E-state index contributed by atoms with van der Waals surface area (Å²) in [6.07, 6.45) is 1.02. The second kappa shape index (κ2) is 6.19. The van der Waals surface area contributed by atoms with Crippen LogP contribution in [0.2, 0.25) is 5.02 Å². The molecule has 0 spiro atoms. The summed E-state index contributed by atoms with van der Waals surface area (Å²) in [5.74, 6) is 1.65. The molecule has 0 atom stereocenters. The van der Waals surface area contributed by atoms with Crippen molar-refractivity contribution in [3.05, 3.63) is 33.5 Å². The van der Waals surface area contributed by atoms with Crippen molar-refractivity contribution in [1.29, 1.82) is 0 Å². The molecule has 0 saturated carbocycles. The molecule has 1 aromatic carbocycles. The van der Waals surface area contributed by atoms with Crippen molar-refractivity contribution in [1.82, 2.24) is 5.32 Å². The fourth-order valence-corrected chi connectivity index (χ4v) is 2.87. The third-order valence-corrected chi connectivity index (χ3v) is 4.25. The topological polar surface area (TPSA) is 25.2 Å². The van der Waals surface area contributed by atoms with Crippen LogP contribution in [0.15, 0.2) is 10.5 Å². The van der Waals surface area contributed by atoms with E-state index < -0.39 is 0 Å². The highest BCUT2D eigenvalue weighted by Gasteiger charge is 2.19. The van der Waals surface area contributed by atoms with Crippen molar-refractivity contribution in [2.75, 3.05) is 6.54 Å². The molecule has 0 aliphatic heterocycles. The lowest BCUT2D eigenvalue weighted by Gasteiger charge is -2.09. The maximum absolute atomic E-state index is 6.42. The molecule has 2 aromatic rings. The van der Waals surface area contributed by atoms with E-state index in [1.165, 1.54) is 10.9 Å². The number of nitrogens with one attached hydrogen (secondary N) is 1. The monoisotopic (exact) mass is 293 g/mol. The summed E-state index contributed by atoms with van der Waals surface area (Å²) < 4.78 is 6.10. The maximum Gasteiger partial charge on any atom is 0.135 e. The predicted molar refractivity (Wildman–Crippen MR) is 86.6 cm³/mol. The van der Waals surface area contributed by atoms with E-state index in [0.717, 1.165) is 47.0 Å². The largest absolute Gasteiger partial charge is 0.459 e. The van der Waals surface area contributed by atoms with Gasteiger partial charge in [0.1, 0.15) is 11.3 Å². The predicted octanol–water partition coefficient (Wildman–Crippen LogP) is 5.01. The zero-order valence-corrected chi connectivity index (χ0v) is 13.8. The minimum Gasteiger partial charge on any atom is -0.459 e. The Labute approximate surface area is 126 Å². The number of furan rings is 1. The summed E-state index contributed by atoms with van der Waals surface area (Å²) in [6.45, 7) is 12.4. The number of aryl methyl sites for hydroxylation is 2. The first kappa shape index (κ1) is 15.4. The molecule has 1 N–H and O–H groups in total. The van der Waals surface area contributed by atoms with Crippen molar-refractivity contribution in [3.63, 3.8) is 0 Å². The molecule has 0 amide bonds. The van der Waals surface area contributed by atoms with Crippen LogP contribution in [0.3, 0.4) is 0 Å². The Hall–Kier alpha value is -0.990. The minimum absolute atomic E-state index is 0.593. The van der Waals surface area contributed by atoms with Gasteiger partial charge in [0.2, 0.25) is 0 Å². The van der Waals surface area contributed by atoms with Crippen molar-refractivity contribution >= 4 is 22.6 Å². The van der Waals surface area contributed by atoms with Gasteiger partial charge >= 0.3 is 0 Å². The average molecular weight is 294 g/mol. The Kier molecular flexibility index (Phi) is 4.77. The molecule has 2 rings (SSSR count). The molecule has 1 heterocycles. The summed E-state index contributed by atoms with van der Waals surface area (Å²) in [4.78, 5) is 0. The third kappa shape index (κ3) is 2.87. The molecule has 3 heteroatoms. The Balaban J connectivity index is 2.64. The van der Waals surface area contributed by atoms with Gasteiger partial charge in [-0.15, -0.1) is 0 Å². The molecule has 1 aromatic heterocycles. The molecule has 0 aliphatic rings. The summed E-state index contributed by atoms with van der Waals surface area (Å²) in [7, 11) is 0. The van der Waals surface area contributed by atoms with Crippen molar-refractivity contribution in [3.8, 4) is 0 Å². The lowest BCUT2D eigenvalue weighted by atomic mass is 9.96. The van der Waals surface area contributed by atoms with Gasteiger partial charge in [-0.2, -0.15) is 0 Å². The first-order valence-corrected chi connectivity index (χ1v) is 7.74. The quantitative estimate of drug-likeness (QED) is 0.838. The van der Waals surface area contributed by atoms with Crippen LogP contribution < -0.4 is 5.32 Å². The van der Waals surface area contributed by atoms with Crippen LogP contribution in [0, 0.1) is 19.8 Å². The molecule has 110 valence electrons. The van der Waals surface area contributed by atoms with E-state index in [2.05, 4.69) is 39.1 Å². The first-order valence-electron chi connectivity index (χ1n) is 7.36. The number of hydrogen-bond acceptors (Lipinski definition) is 2. The number of halogens is 1. The van der Waals surface area contributed by atoms with Gasteiger partial charge in [-0.05, 0) is 49.9 Å². The van der Waals surface area contributed by atoms with E-state index in [1.807, 2.05) is 6.92 Å². The maximum atomic E-state index is 6.42. The molecule has 0 unspecified atom stereocenters. The van der Waals surface area contributed by atoms with Crippen molar-refractivity contribution in [2.45, 2.75) is 47.6 Å². The highest BCUT2D eigenvalue weighted by molar-refractivity contribution is 6.33. The van der Waals surface area contributed by atoms with Gasteiger partial charge in [-0.25, -0.2) is 0 Å². The van der Waals surface area contributed by atoms with E-state index in [-0.39, 0.29) is 0 Å². The molecule has 0 fully saturated rings. The van der Waals surface area contributed by atoms with Crippen LogP contribution in [0.25, 0.3) is 11.0 Å². The Morgan fingerprint density at radius 2 is 2.00 bits per heavy atom. The first-order chi connectivity index (χ1) is 9.45. The zero-order chi connectivity index (χ0) is 14.9. The molecule has 20 heavy (non-hydrogen) atoms. The second-order valence-electron chi connectivity index (χ2n) is 5.89. The highest BCUT2D eigenvalue weighted by atomic mass is 35.5. The summed E-state index contributed by atoms with van der Waals surface area (Å²) in [6, 6.07) is 2.06. The fraction of sp³-hybridized carbons (Fsp3) is 0.529. The summed E-state index contributed by atoms with van der Waals surface area (Å²) >= 11 is 6.42. The normalized spacial score (nSPS) is 11.8. The van der Waals surface area contributed by atoms with Crippen LogP contribution in [-0.2, 0) is 13.0 Å². The standard InChI is InChI=1S/C17H24ClNO/c1-6-19-9-15-13(7-10(2)3)16-12(5)17(18)11(4)8-14(16)20-15/h8,10,19H,6-7,9H2,1-5H3. The Morgan fingerprint density at radius 1 is 1.30 bits per heavy atom. The van der Waals surface area contributed by atoms with Crippen LogP contribution in [0.1, 0.15) is 43.2 Å². The lowest BCUT2D eigenvalue weighted by molar-refractivity contribution is 0.506. The molecule has 0 saturated heterocycles. The van der Waals surface area contributed by atoms with Crippen LogP contribution in [0.4, 0.5) is 0 Å². The fourth-order valence-electron chi connectivity index (χ4n) is 2.72. The van der Waals surface area contributed by atoms with Gasteiger partial charge in [0.05, 0.1) is 6.54 Å². The van der Waals surface area contributed by atoms with E-state index in [0.29, 0.717) is 5.92 Å². The van der Waals surface area contributed by atoms with Gasteiger partial charge in [0.25, 0.3) is 0 Å². The lowest BCUT2D eigenvalue weighted by Crippen LogP contribution is -2.12. The Morgan fingerprint density at radius 3 is 2.60 bits per heavy atom. The molecule has 0 aliphatic carbocycles. The molecule has 0 radical (unpaired) electrons. The van der Waals surface area contributed by atoms with E-state index in [9.17, 15) is 0 Å². The molecular formula is C17H24ClNO. The number of rotatable bonds is 5. The van der Waals surface area contributed by atoms with Crippen LogP contribution in [0.5, 0.6) is 0 Å². The number of fused-ring (bicyclic) bond motifs is 1. The average Bonchev–Trinajstić information content (AvgIpc) is 2.71. The third-order valence-electron chi connectivity index (χ3n) is 3.66. The van der Waals surface area contributed by atoms with Gasteiger partial charge in [-0.1, -0.05) is 32.4 Å². The SMILES string of the molecule is CCNCc1oc2cc(C)c(Cl)c(C)c2c1CC(C)C. The minimum atomic E-state index is 0.593. The van der Waals surface area contributed by atoms with Gasteiger partial charge in [0, 0.05) is 16.0 Å². The van der Waals surface area contributed by atoms with Crippen LogP contribution >= 0.6 is 11.6 Å². The number of benzene rings is 1. The van der Waals surface area contributed by atoms with E-state index in [1.54, 1.807) is 0 Å². The Bertz CT molecular complexity index is 613. The smallest absolute Gasteiger partial charge is 0.135 e. The van der Waals surface area contributed by atoms with Crippen molar-refractivity contribution in [2.24, 2.45) is 5.92 Å². The molecule has 0 bridgehead atoms. The van der Waals surface area contributed by atoms with Gasteiger partial charge in [-0.3, -0.25) is 0 Å². The van der Waals surface area contributed by atoms with Crippen molar-refractivity contribution < 1.29 is 4.42 Å². The van der Waals surface area contributed by atoms with Gasteiger partial charge < -0.3 is 9.73 Å². The van der Waals surface area contributed by atoms with Gasteiger partial charge in [0.15, 0.2) is 0 Å². The summed E-state index contributed by atoms with van der Waals surface area (Å²) in [5.41, 5.74) is 4.50. The second-order valence-corrected chi connectivity index (χ2v) is 6.27. The van der Waals surface area contributed by atoms with Crippen LogP contribution in [-0.4, -0.2) is 6.54 Å². The highest BCUT2D eigenvalue weighted by Crippen LogP contribution is 2.36. The molecule has 2 nitrogen and oxygen atoms in total. The summed E-state index contributed by atoms with van der Waals surface area (Å²) in [5, 5.41) is 5.43. The number of hydrogen-bond donors (Lipinski definition) is 1. The van der Waals surface area contributed by atoms with E-state index >= 15 is 0 Å². The molecular weight excluding hydrogens is 270 g/mol. The zero-order valence-electron chi connectivity index (χ0n) is 13.1.